The summed E-state index contributed by atoms with van der Waals surface area (Å²) in [5.41, 5.74) is 9.97. The molecular formula is C66H38S2. The van der Waals surface area contributed by atoms with Crippen molar-refractivity contribution in [2.24, 2.45) is 0 Å². The van der Waals surface area contributed by atoms with Crippen LogP contribution in [0.4, 0.5) is 0 Å². The lowest BCUT2D eigenvalue weighted by Gasteiger charge is -2.13. The number of rotatable bonds is 4. The van der Waals surface area contributed by atoms with E-state index in [0.29, 0.717) is 0 Å². The Kier molecular flexibility index (Phi) is 8.21. The van der Waals surface area contributed by atoms with Crippen molar-refractivity contribution in [3.8, 4) is 44.5 Å². The summed E-state index contributed by atoms with van der Waals surface area (Å²) < 4.78 is 5.27. The van der Waals surface area contributed by atoms with E-state index in [4.69, 9.17) is 0 Å². The van der Waals surface area contributed by atoms with Gasteiger partial charge in [-0.2, -0.15) is 0 Å². The Balaban J connectivity index is 0.867. The molecule has 0 nitrogen and oxygen atoms in total. The van der Waals surface area contributed by atoms with Crippen molar-refractivity contribution in [3.05, 3.63) is 231 Å². The summed E-state index contributed by atoms with van der Waals surface area (Å²) >= 11 is 3.82. The van der Waals surface area contributed by atoms with Crippen molar-refractivity contribution < 1.29 is 0 Å². The lowest BCUT2D eigenvalue weighted by Crippen LogP contribution is -1.86. The van der Waals surface area contributed by atoms with Crippen molar-refractivity contribution in [3.63, 3.8) is 0 Å². The second-order valence-corrected chi connectivity index (χ2v) is 20.4. The van der Waals surface area contributed by atoms with Crippen molar-refractivity contribution in [1.29, 1.82) is 0 Å². The zero-order chi connectivity index (χ0) is 44.5. The largest absolute Gasteiger partial charge is 0.135 e. The minimum Gasteiger partial charge on any atom is -0.135 e. The topological polar surface area (TPSA) is 0 Å². The molecule has 0 amide bonds. The van der Waals surface area contributed by atoms with Crippen LogP contribution in [0.1, 0.15) is 0 Å². The molecule has 15 aromatic rings. The van der Waals surface area contributed by atoms with Gasteiger partial charge >= 0.3 is 0 Å². The van der Waals surface area contributed by atoms with E-state index >= 15 is 0 Å². The Morgan fingerprint density at radius 1 is 0.176 bits per heavy atom. The van der Waals surface area contributed by atoms with Crippen LogP contribution in [-0.4, -0.2) is 0 Å². The van der Waals surface area contributed by atoms with Crippen LogP contribution in [0.25, 0.3) is 149 Å². The lowest BCUT2D eigenvalue weighted by molar-refractivity contribution is 1.63. The van der Waals surface area contributed by atoms with E-state index in [1.807, 2.05) is 22.7 Å². The molecule has 2 heterocycles. The highest BCUT2D eigenvalue weighted by Crippen LogP contribution is 2.47. The standard InChI is InChI=1S/C66H38S2/c1-3-19-50-46(15-1)48-17-5-7-21-52(48)60-34-40(27-30-54(50)60)39-13-11-14-42(33-39)45-24-12-25-58-57-32-28-41(38-64(57)68-65(45)58)44-36-59(66-62(37-44)56-23-9-10-26-63(56)67-66)43-29-31-55-51-20-4-2-16-47(51)49-18-6-8-22-53(49)61(55)35-43/h1-38H. The van der Waals surface area contributed by atoms with Gasteiger partial charge in [0.2, 0.25) is 0 Å². The molecular weight excluding hydrogens is 857 g/mol. The van der Waals surface area contributed by atoms with Crippen LogP contribution >= 0.6 is 22.7 Å². The maximum absolute atomic E-state index is 2.45. The van der Waals surface area contributed by atoms with Crippen LogP contribution in [0.3, 0.4) is 0 Å². The van der Waals surface area contributed by atoms with E-state index in [9.17, 15) is 0 Å². The number of hydrogen-bond donors (Lipinski definition) is 0. The Morgan fingerprint density at radius 2 is 0.559 bits per heavy atom. The molecule has 2 heteroatoms. The summed E-state index contributed by atoms with van der Waals surface area (Å²) in [5.74, 6) is 0. The van der Waals surface area contributed by atoms with Gasteiger partial charge in [0.25, 0.3) is 0 Å². The average Bonchev–Trinajstić information content (AvgIpc) is 3.99. The summed E-state index contributed by atoms with van der Waals surface area (Å²) in [4.78, 5) is 0. The molecule has 0 N–H and O–H groups in total. The third-order valence-corrected chi connectivity index (χ3v) is 17.0. The monoisotopic (exact) mass is 894 g/mol. The van der Waals surface area contributed by atoms with Gasteiger partial charge in [-0.15, -0.1) is 22.7 Å². The van der Waals surface area contributed by atoms with Gasteiger partial charge in [-0.1, -0.05) is 188 Å². The minimum atomic E-state index is 1.22. The fourth-order valence-corrected chi connectivity index (χ4v) is 13.9. The molecule has 68 heavy (non-hydrogen) atoms. The van der Waals surface area contributed by atoms with Crippen molar-refractivity contribution >= 4 is 128 Å². The second kappa shape index (κ2) is 14.7. The molecule has 0 aliphatic rings. The van der Waals surface area contributed by atoms with Crippen molar-refractivity contribution in [1.82, 2.24) is 0 Å². The van der Waals surface area contributed by atoms with Gasteiger partial charge in [-0.3, -0.25) is 0 Å². The van der Waals surface area contributed by atoms with E-state index in [1.165, 1.54) is 149 Å². The normalized spacial score (nSPS) is 12.1. The van der Waals surface area contributed by atoms with Crippen molar-refractivity contribution in [2.45, 2.75) is 0 Å². The molecule has 0 aliphatic heterocycles. The zero-order valence-corrected chi connectivity index (χ0v) is 38.4. The maximum Gasteiger partial charge on any atom is 0.0434 e. The number of benzene rings is 13. The first-order valence-electron chi connectivity index (χ1n) is 23.4. The highest BCUT2D eigenvalue weighted by Gasteiger charge is 2.18. The van der Waals surface area contributed by atoms with E-state index in [-0.39, 0.29) is 0 Å². The van der Waals surface area contributed by atoms with Crippen LogP contribution in [0.2, 0.25) is 0 Å². The van der Waals surface area contributed by atoms with Gasteiger partial charge in [0.15, 0.2) is 0 Å². The molecule has 0 spiro atoms. The SMILES string of the molecule is c1cc(-c2ccc3c4ccccc4c4ccccc4c3c2)cc(-c2cccc3c2sc2cc(-c4cc(-c5ccc6c7ccccc7c7ccccc7c6c5)c5sc6ccccc6c5c4)ccc23)c1. The molecule has 0 aliphatic carbocycles. The van der Waals surface area contributed by atoms with Gasteiger partial charge in [0.05, 0.1) is 0 Å². The molecule has 0 atom stereocenters. The highest BCUT2D eigenvalue weighted by atomic mass is 32.1. The van der Waals surface area contributed by atoms with Gasteiger partial charge < -0.3 is 0 Å². The molecule has 0 bridgehead atoms. The fourth-order valence-electron chi connectivity index (χ4n) is 11.4. The fraction of sp³-hybridized carbons (Fsp3) is 0. The Morgan fingerprint density at radius 3 is 1.19 bits per heavy atom. The van der Waals surface area contributed by atoms with E-state index in [0.717, 1.165) is 0 Å². The molecule has 0 unspecified atom stereocenters. The smallest absolute Gasteiger partial charge is 0.0434 e. The van der Waals surface area contributed by atoms with Crippen LogP contribution in [0.5, 0.6) is 0 Å². The first-order valence-corrected chi connectivity index (χ1v) is 25.0. The van der Waals surface area contributed by atoms with Crippen LogP contribution in [-0.2, 0) is 0 Å². The highest BCUT2D eigenvalue weighted by molar-refractivity contribution is 7.26. The molecule has 0 saturated heterocycles. The number of hydrogen-bond acceptors (Lipinski definition) is 2. The van der Waals surface area contributed by atoms with Crippen LogP contribution < -0.4 is 0 Å². The zero-order valence-electron chi connectivity index (χ0n) is 36.8. The third-order valence-electron chi connectivity index (χ3n) is 14.6. The Hall–Kier alpha value is -8.14. The molecule has 15 rings (SSSR count). The first-order chi connectivity index (χ1) is 33.7. The third kappa shape index (κ3) is 5.66. The van der Waals surface area contributed by atoms with Gasteiger partial charge in [-0.25, -0.2) is 0 Å². The van der Waals surface area contributed by atoms with E-state index in [2.05, 4.69) is 231 Å². The molecule has 2 aromatic heterocycles. The average molecular weight is 895 g/mol. The Bertz CT molecular complexity index is 4550. The summed E-state index contributed by atoms with van der Waals surface area (Å²) in [5, 5.41) is 20.8. The number of thiophene rings is 2. The molecule has 0 radical (unpaired) electrons. The van der Waals surface area contributed by atoms with E-state index < -0.39 is 0 Å². The predicted molar refractivity (Wildman–Crippen MR) is 299 cm³/mol. The minimum absolute atomic E-state index is 1.22. The van der Waals surface area contributed by atoms with Gasteiger partial charge in [0.1, 0.15) is 0 Å². The molecule has 0 saturated carbocycles. The second-order valence-electron chi connectivity index (χ2n) is 18.3. The van der Waals surface area contributed by atoms with E-state index in [1.54, 1.807) is 0 Å². The summed E-state index contributed by atoms with van der Waals surface area (Å²) in [6.07, 6.45) is 0. The number of fused-ring (bicyclic) bond motifs is 18. The molecule has 314 valence electrons. The Labute approximate surface area is 400 Å². The quantitative estimate of drug-likeness (QED) is 0.154. The predicted octanol–water partition coefficient (Wildman–Crippen LogP) is 20.0. The first kappa shape index (κ1) is 38.0. The summed E-state index contributed by atoms with van der Waals surface area (Å²) in [7, 11) is 0. The van der Waals surface area contributed by atoms with Gasteiger partial charge in [0, 0.05) is 45.9 Å². The summed E-state index contributed by atoms with van der Waals surface area (Å²) in [6.45, 7) is 0. The maximum atomic E-state index is 2.45. The van der Waals surface area contributed by atoms with Crippen molar-refractivity contribution in [2.75, 3.05) is 0 Å². The summed E-state index contributed by atoms with van der Waals surface area (Å²) in [6, 6.07) is 86.5. The molecule has 0 fully saturated rings. The van der Waals surface area contributed by atoms with Crippen LogP contribution in [0.15, 0.2) is 231 Å². The molecule has 13 aromatic carbocycles. The van der Waals surface area contributed by atoms with Crippen LogP contribution in [0, 0.1) is 0 Å². The lowest BCUT2D eigenvalue weighted by atomic mass is 9.90. The van der Waals surface area contributed by atoms with Gasteiger partial charge in [-0.05, 0) is 146 Å².